The number of rotatable bonds is 5. The number of carbonyl (C=O) groups excluding carboxylic acids is 1. The Morgan fingerprint density at radius 3 is 2.32 bits per heavy atom. The van der Waals surface area contributed by atoms with Crippen molar-refractivity contribution >= 4 is 30.0 Å². The van der Waals surface area contributed by atoms with Crippen LogP contribution in [0, 0.1) is 0 Å². The molecule has 2 aromatic carbocycles. The van der Waals surface area contributed by atoms with Crippen LogP contribution >= 0.6 is 24.2 Å². The second-order valence-corrected chi connectivity index (χ2v) is 9.07. The van der Waals surface area contributed by atoms with Crippen molar-refractivity contribution in [2.24, 2.45) is 0 Å². The van der Waals surface area contributed by atoms with Gasteiger partial charge in [-0.05, 0) is 24.3 Å². The average molecular weight is 418 g/mol. The normalized spacial score (nSPS) is 19.9. The zero-order valence-electron chi connectivity index (χ0n) is 16.3. The van der Waals surface area contributed by atoms with Gasteiger partial charge >= 0.3 is 0 Å². The first-order chi connectivity index (χ1) is 13.2. The molecule has 2 aromatic rings. The average Bonchev–Trinajstić information content (AvgIpc) is 3.18. The van der Waals surface area contributed by atoms with Crippen LogP contribution in [0.5, 0.6) is 0 Å². The van der Waals surface area contributed by atoms with E-state index in [1.54, 1.807) is 0 Å². The highest BCUT2D eigenvalue weighted by atomic mass is 35.5. The monoisotopic (exact) mass is 417 g/mol. The molecule has 0 saturated carbocycles. The third-order valence-corrected chi connectivity index (χ3v) is 7.16. The Balaban J connectivity index is 0.00000225. The number of likely N-dealkylation sites (tertiary alicyclic amines) is 1. The number of halogens is 1. The summed E-state index contributed by atoms with van der Waals surface area (Å²) in [6, 6.07) is 17.6. The number of piperidine rings is 1. The zero-order valence-corrected chi connectivity index (χ0v) is 17.9. The van der Waals surface area contributed by atoms with Crippen molar-refractivity contribution in [3.8, 4) is 0 Å². The molecule has 5 heteroatoms. The molecule has 2 aliphatic rings. The Labute approximate surface area is 178 Å². The number of nitrogens with zero attached hydrogens (tertiary/aromatic N) is 1. The lowest BCUT2D eigenvalue weighted by Gasteiger charge is -2.38. The minimum atomic E-state index is 0. The molecule has 2 saturated heterocycles. The molecular weight excluding hydrogens is 390 g/mol. The third-order valence-electron chi connectivity index (χ3n) is 5.74. The molecule has 0 bridgehead atoms. The van der Waals surface area contributed by atoms with Crippen molar-refractivity contribution < 1.29 is 9.53 Å². The van der Waals surface area contributed by atoms with Gasteiger partial charge in [-0.15, -0.1) is 24.2 Å². The van der Waals surface area contributed by atoms with Crippen LogP contribution in [0.25, 0.3) is 0 Å². The Kier molecular flexibility index (Phi) is 7.21. The molecule has 0 aliphatic carbocycles. The molecule has 150 valence electrons. The van der Waals surface area contributed by atoms with Crippen LogP contribution in [-0.2, 0) is 4.74 Å². The Morgan fingerprint density at radius 1 is 1.07 bits per heavy atom. The SMILES string of the molecule is CC(CN1CCC2(CC1)OCCS2)c1ccc(C(=O)c2ccccc2)cc1.Cl. The topological polar surface area (TPSA) is 29.5 Å². The third kappa shape index (κ3) is 4.80. The fourth-order valence-corrected chi connectivity index (χ4v) is 5.25. The van der Waals surface area contributed by atoms with Crippen LogP contribution in [0.1, 0.15) is 47.2 Å². The van der Waals surface area contributed by atoms with Crippen molar-refractivity contribution in [1.82, 2.24) is 4.90 Å². The van der Waals surface area contributed by atoms with E-state index in [0.717, 1.165) is 56.0 Å². The molecule has 3 nitrogen and oxygen atoms in total. The standard InChI is InChI=1S/C23H27NO2S.ClH/c1-18(17-24-13-11-23(12-14-24)26-15-16-27-23)19-7-9-21(10-8-19)22(25)20-5-3-2-4-6-20;/h2-10,18H,11-17H2,1H3;1H. The van der Waals surface area contributed by atoms with Gasteiger partial charge < -0.3 is 9.64 Å². The van der Waals surface area contributed by atoms with Gasteiger partial charge in [-0.3, -0.25) is 4.79 Å². The molecule has 2 fully saturated rings. The molecule has 0 radical (unpaired) electrons. The molecule has 2 heterocycles. The molecule has 4 rings (SSSR count). The minimum Gasteiger partial charge on any atom is -0.363 e. The lowest BCUT2D eigenvalue weighted by molar-refractivity contribution is 0.000732. The predicted octanol–water partition coefficient (Wildman–Crippen LogP) is 5.00. The van der Waals surface area contributed by atoms with E-state index in [4.69, 9.17) is 4.74 Å². The van der Waals surface area contributed by atoms with Crippen LogP contribution in [0.2, 0.25) is 0 Å². The second kappa shape index (κ2) is 9.45. The van der Waals surface area contributed by atoms with Crippen LogP contribution < -0.4 is 0 Å². The lowest BCUT2D eigenvalue weighted by Crippen LogP contribution is -2.43. The maximum Gasteiger partial charge on any atom is 0.193 e. The first kappa shape index (κ1) is 21.4. The fraction of sp³-hybridized carbons (Fsp3) is 0.435. The summed E-state index contributed by atoms with van der Waals surface area (Å²) < 4.78 is 6.00. The summed E-state index contributed by atoms with van der Waals surface area (Å²) in [6.45, 7) is 6.48. The molecule has 0 amide bonds. The summed E-state index contributed by atoms with van der Waals surface area (Å²) in [4.78, 5) is 15.2. The van der Waals surface area contributed by atoms with E-state index >= 15 is 0 Å². The van der Waals surface area contributed by atoms with Gasteiger partial charge in [0.05, 0.1) is 6.61 Å². The summed E-state index contributed by atoms with van der Waals surface area (Å²) in [5.41, 5.74) is 2.80. The summed E-state index contributed by atoms with van der Waals surface area (Å²) in [5, 5.41) is 0. The highest BCUT2D eigenvalue weighted by molar-refractivity contribution is 8.00. The minimum absolute atomic E-state index is 0. The van der Waals surface area contributed by atoms with Crippen LogP contribution in [0.15, 0.2) is 54.6 Å². The number of ether oxygens (including phenoxy) is 1. The summed E-state index contributed by atoms with van der Waals surface area (Å²) in [5.74, 6) is 1.69. The van der Waals surface area contributed by atoms with Crippen molar-refractivity contribution in [3.05, 3.63) is 71.3 Å². The molecule has 0 aromatic heterocycles. The van der Waals surface area contributed by atoms with E-state index < -0.39 is 0 Å². The van der Waals surface area contributed by atoms with Crippen LogP contribution in [0.4, 0.5) is 0 Å². The van der Waals surface area contributed by atoms with Gasteiger partial charge in [-0.2, -0.15) is 0 Å². The van der Waals surface area contributed by atoms with Crippen molar-refractivity contribution in [2.45, 2.75) is 30.6 Å². The van der Waals surface area contributed by atoms with Crippen molar-refractivity contribution in [1.29, 1.82) is 0 Å². The largest absolute Gasteiger partial charge is 0.363 e. The highest BCUT2D eigenvalue weighted by Gasteiger charge is 2.39. The Hall–Kier alpha value is -1.33. The first-order valence-electron chi connectivity index (χ1n) is 9.85. The van der Waals surface area contributed by atoms with Crippen molar-refractivity contribution in [3.63, 3.8) is 0 Å². The van der Waals surface area contributed by atoms with Gasteiger partial charge in [0.15, 0.2) is 5.78 Å². The Morgan fingerprint density at radius 2 is 1.71 bits per heavy atom. The number of hydrogen-bond acceptors (Lipinski definition) is 4. The molecular formula is C23H28ClNO2S. The smallest absolute Gasteiger partial charge is 0.193 e. The van der Waals surface area contributed by atoms with Gasteiger partial charge in [-0.25, -0.2) is 0 Å². The fourth-order valence-electron chi connectivity index (χ4n) is 4.07. The zero-order chi connectivity index (χ0) is 18.7. The first-order valence-corrected chi connectivity index (χ1v) is 10.8. The van der Waals surface area contributed by atoms with E-state index in [9.17, 15) is 4.79 Å². The van der Waals surface area contributed by atoms with Gasteiger partial charge in [0.1, 0.15) is 4.93 Å². The summed E-state index contributed by atoms with van der Waals surface area (Å²) >= 11 is 2.00. The maximum atomic E-state index is 12.5. The van der Waals surface area contributed by atoms with Crippen molar-refractivity contribution in [2.75, 3.05) is 32.0 Å². The van der Waals surface area contributed by atoms with Crippen LogP contribution in [-0.4, -0.2) is 47.6 Å². The number of carbonyl (C=O) groups is 1. The number of ketones is 1. The van der Waals surface area contributed by atoms with E-state index in [2.05, 4.69) is 24.0 Å². The second-order valence-electron chi connectivity index (χ2n) is 7.63. The number of benzene rings is 2. The van der Waals surface area contributed by atoms with E-state index in [1.165, 1.54) is 5.56 Å². The molecule has 2 aliphatic heterocycles. The quantitative estimate of drug-likeness (QED) is 0.640. The maximum absolute atomic E-state index is 12.5. The predicted molar refractivity (Wildman–Crippen MR) is 119 cm³/mol. The number of thioether (sulfide) groups is 1. The molecule has 1 unspecified atom stereocenters. The van der Waals surface area contributed by atoms with E-state index in [0.29, 0.717) is 5.92 Å². The van der Waals surface area contributed by atoms with Gasteiger partial charge in [0.25, 0.3) is 0 Å². The molecule has 1 spiro atoms. The molecule has 0 N–H and O–H groups in total. The number of hydrogen-bond donors (Lipinski definition) is 0. The van der Waals surface area contributed by atoms with Gasteiger partial charge in [0.2, 0.25) is 0 Å². The summed E-state index contributed by atoms with van der Waals surface area (Å²) in [6.07, 6.45) is 2.27. The summed E-state index contributed by atoms with van der Waals surface area (Å²) in [7, 11) is 0. The molecule has 28 heavy (non-hydrogen) atoms. The molecule has 1 atom stereocenters. The Bertz CT molecular complexity index is 765. The van der Waals surface area contributed by atoms with Gasteiger partial charge in [0, 0.05) is 36.5 Å². The van der Waals surface area contributed by atoms with E-state index in [1.807, 2.05) is 54.2 Å². The lowest BCUT2D eigenvalue weighted by atomic mass is 9.96. The van der Waals surface area contributed by atoms with Gasteiger partial charge in [-0.1, -0.05) is 61.5 Å². The van der Waals surface area contributed by atoms with Crippen LogP contribution in [0.3, 0.4) is 0 Å². The highest BCUT2D eigenvalue weighted by Crippen LogP contribution is 2.41. The van der Waals surface area contributed by atoms with E-state index in [-0.39, 0.29) is 23.1 Å².